The third kappa shape index (κ3) is 3.42. The summed E-state index contributed by atoms with van der Waals surface area (Å²) in [5.74, 6) is 1.55. The van der Waals surface area contributed by atoms with E-state index in [1.165, 1.54) is 11.8 Å². The van der Waals surface area contributed by atoms with Crippen molar-refractivity contribution in [2.75, 3.05) is 13.1 Å². The Kier molecular flexibility index (Phi) is 4.95. The summed E-state index contributed by atoms with van der Waals surface area (Å²) in [6.07, 6.45) is 5.40. The number of rotatable bonds is 4. The lowest BCUT2D eigenvalue weighted by molar-refractivity contribution is 0.412. The van der Waals surface area contributed by atoms with Crippen molar-refractivity contribution in [3.8, 4) is 0 Å². The van der Waals surface area contributed by atoms with Crippen LogP contribution < -0.4 is 5.32 Å². The Morgan fingerprint density at radius 3 is 2.55 bits per heavy atom. The first-order valence-corrected chi connectivity index (χ1v) is 8.65. The van der Waals surface area contributed by atoms with E-state index >= 15 is 0 Å². The molecule has 6 nitrogen and oxygen atoms in total. The third-order valence-electron chi connectivity index (χ3n) is 3.69. The molecule has 1 N–H and O–H groups in total. The molecule has 0 spiro atoms. The van der Waals surface area contributed by atoms with Gasteiger partial charge in [0.05, 0.1) is 17.4 Å². The summed E-state index contributed by atoms with van der Waals surface area (Å²) in [4.78, 5) is 8.45. The SMILES string of the molecule is CC(C)n1c(Sc2ncc(Cl)cn2)nnc1C1CCNCC1. The molecule has 0 bridgehead atoms. The van der Waals surface area contributed by atoms with Crippen LogP contribution in [0.5, 0.6) is 0 Å². The number of aromatic nitrogens is 5. The van der Waals surface area contributed by atoms with Gasteiger partial charge in [0.15, 0.2) is 10.3 Å². The molecule has 1 aliphatic heterocycles. The fraction of sp³-hybridized carbons (Fsp3) is 0.571. The lowest BCUT2D eigenvalue weighted by Gasteiger charge is -2.24. The minimum atomic E-state index is 0.301. The zero-order chi connectivity index (χ0) is 15.5. The van der Waals surface area contributed by atoms with E-state index < -0.39 is 0 Å². The topological polar surface area (TPSA) is 68.5 Å². The highest BCUT2D eigenvalue weighted by molar-refractivity contribution is 7.99. The molecule has 0 amide bonds. The molecular weight excluding hydrogens is 320 g/mol. The summed E-state index contributed by atoms with van der Waals surface area (Å²) >= 11 is 7.26. The lowest BCUT2D eigenvalue weighted by Crippen LogP contribution is -2.28. The first kappa shape index (κ1) is 15.7. The van der Waals surface area contributed by atoms with Crippen LogP contribution in [0.4, 0.5) is 0 Å². The minimum absolute atomic E-state index is 0.301. The predicted molar refractivity (Wildman–Crippen MR) is 86.4 cm³/mol. The number of nitrogens with zero attached hydrogens (tertiary/aromatic N) is 5. The second kappa shape index (κ2) is 6.93. The van der Waals surface area contributed by atoms with Crippen LogP contribution in [0.3, 0.4) is 0 Å². The molecule has 8 heteroatoms. The van der Waals surface area contributed by atoms with Crippen molar-refractivity contribution in [3.63, 3.8) is 0 Å². The normalized spacial score (nSPS) is 16.4. The highest BCUT2D eigenvalue weighted by Gasteiger charge is 2.25. The highest BCUT2D eigenvalue weighted by Crippen LogP contribution is 2.32. The minimum Gasteiger partial charge on any atom is -0.317 e. The van der Waals surface area contributed by atoms with Gasteiger partial charge in [0, 0.05) is 12.0 Å². The summed E-state index contributed by atoms with van der Waals surface area (Å²) in [7, 11) is 0. The smallest absolute Gasteiger partial charge is 0.199 e. The van der Waals surface area contributed by atoms with Crippen LogP contribution in [0.25, 0.3) is 0 Å². The molecule has 1 aliphatic rings. The fourth-order valence-electron chi connectivity index (χ4n) is 2.64. The fourth-order valence-corrected chi connectivity index (χ4v) is 3.59. The molecule has 0 unspecified atom stereocenters. The van der Waals surface area contributed by atoms with Crippen LogP contribution in [-0.4, -0.2) is 37.8 Å². The Morgan fingerprint density at radius 1 is 1.23 bits per heavy atom. The third-order valence-corrected chi connectivity index (χ3v) is 4.74. The van der Waals surface area contributed by atoms with E-state index in [2.05, 4.69) is 43.9 Å². The Balaban J connectivity index is 1.87. The standard InChI is InChI=1S/C14H19ClN6S/c1-9(2)21-12(10-3-5-16-6-4-10)19-20-14(21)22-13-17-7-11(15)8-18-13/h7-10,16H,3-6H2,1-2H3. The molecule has 0 aliphatic carbocycles. The molecule has 0 aromatic carbocycles. The summed E-state index contributed by atoms with van der Waals surface area (Å²) in [6, 6.07) is 0.301. The molecule has 2 aromatic heterocycles. The van der Waals surface area contributed by atoms with E-state index in [9.17, 15) is 0 Å². The average Bonchev–Trinajstić information content (AvgIpc) is 2.94. The van der Waals surface area contributed by atoms with Crippen LogP contribution in [-0.2, 0) is 0 Å². The maximum Gasteiger partial charge on any atom is 0.199 e. The molecule has 3 heterocycles. The van der Waals surface area contributed by atoms with Gasteiger partial charge in [-0.25, -0.2) is 9.97 Å². The molecule has 0 saturated carbocycles. The van der Waals surface area contributed by atoms with Crippen LogP contribution in [0.15, 0.2) is 22.7 Å². The van der Waals surface area contributed by atoms with Crippen LogP contribution in [0.2, 0.25) is 5.02 Å². The van der Waals surface area contributed by atoms with Gasteiger partial charge in [0.1, 0.15) is 5.82 Å². The van der Waals surface area contributed by atoms with Crippen LogP contribution in [0.1, 0.15) is 44.5 Å². The lowest BCUT2D eigenvalue weighted by atomic mass is 9.97. The van der Waals surface area contributed by atoms with E-state index in [1.54, 1.807) is 12.4 Å². The Labute approximate surface area is 139 Å². The molecule has 0 radical (unpaired) electrons. The highest BCUT2D eigenvalue weighted by atomic mass is 35.5. The quantitative estimate of drug-likeness (QED) is 0.864. The second-order valence-electron chi connectivity index (χ2n) is 5.61. The molecule has 2 aromatic rings. The summed E-state index contributed by atoms with van der Waals surface area (Å²) in [5.41, 5.74) is 0. The van der Waals surface area contributed by atoms with Crippen molar-refractivity contribution < 1.29 is 0 Å². The molecular formula is C14H19ClN6S. The van der Waals surface area contributed by atoms with Gasteiger partial charge in [0.2, 0.25) is 0 Å². The molecule has 1 saturated heterocycles. The van der Waals surface area contributed by atoms with Gasteiger partial charge in [0.25, 0.3) is 0 Å². The van der Waals surface area contributed by atoms with E-state index in [1.807, 2.05) is 0 Å². The zero-order valence-electron chi connectivity index (χ0n) is 12.7. The van der Waals surface area contributed by atoms with E-state index in [0.717, 1.165) is 36.9 Å². The van der Waals surface area contributed by atoms with Crippen molar-refractivity contribution in [1.82, 2.24) is 30.0 Å². The number of hydrogen-bond donors (Lipinski definition) is 1. The van der Waals surface area contributed by atoms with Crippen molar-refractivity contribution in [1.29, 1.82) is 0 Å². The van der Waals surface area contributed by atoms with Gasteiger partial charge in [-0.3, -0.25) is 0 Å². The number of hydrogen-bond acceptors (Lipinski definition) is 6. The summed E-state index contributed by atoms with van der Waals surface area (Å²) in [5, 5.41) is 14.2. The summed E-state index contributed by atoms with van der Waals surface area (Å²) in [6.45, 7) is 6.39. The largest absolute Gasteiger partial charge is 0.317 e. The molecule has 22 heavy (non-hydrogen) atoms. The van der Waals surface area contributed by atoms with Gasteiger partial charge in [-0.15, -0.1) is 10.2 Å². The maximum absolute atomic E-state index is 5.83. The maximum atomic E-state index is 5.83. The zero-order valence-corrected chi connectivity index (χ0v) is 14.2. The molecule has 1 fully saturated rings. The van der Waals surface area contributed by atoms with E-state index in [0.29, 0.717) is 22.1 Å². The number of halogens is 1. The van der Waals surface area contributed by atoms with E-state index in [4.69, 9.17) is 11.6 Å². The van der Waals surface area contributed by atoms with Gasteiger partial charge in [-0.05, 0) is 51.5 Å². The second-order valence-corrected chi connectivity index (χ2v) is 6.99. The number of nitrogens with one attached hydrogen (secondary N) is 1. The summed E-state index contributed by atoms with van der Waals surface area (Å²) < 4.78 is 2.21. The Hall–Kier alpha value is -1.18. The van der Waals surface area contributed by atoms with Gasteiger partial charge < -0.3 is 9.88 Å². The van der Waals surface area contributed by atoms with Gasteiger partial charge in [-0.1, -0.05) is 11.6 Å². The molecule has 3 rings (SSSR count). The first-order chi connectivity index (χ1) is 10.6. The van der Waals surface area contributed by atoms with Crippen molar-refractivity contribution in [2.24, 2.45) is 0 Å². The van der Waals surface area contributed by atoms with E-state index in [-0.39, 0.29) is 0 Å². The van der Waals surface area contributed by atoms with Crippen LogP contribution in [0, 0.1) is 0 Å². The van der Waals surface area contributed by atoms with Crippen molar-refractivity contribution in [2.45, 2.75) is 49.0 Å². The monoisotopic (exact) mass is 338 g/mol. The predicted octanol–water partition coefficient (Wildman–Crippen LogP) is 2.92. The van der Waals surface area contributed by atoms with Gasteiger partial charge in [-0.2, -0.15) is 0 Å². The Bertz CT molecular complexity index is 621. The van der Waals surface area contributed by atoms with Crippen molar-refractivity contribution in [3.05, 3.63) is 23.2 Å². The van der Waals surface area contributed by atoms with Crippen LogP contribution >= 0.6 is 23.4 Å². The van der Waals surface area contributed by atoms with Crippen molar-refractivity contribution >= 4 is 23.4 Å². The Morgan fingerprint density at radius 2 is 1.91 bits per heavy atom. The molecule has 118 valence electrons. The first-order valence-electron chi connectivity index (χ1n) is 7.46. The number of piperidine rings is 1. The van der Waals surface area contributed by atoms with Gasteiger partial charge >= 0.3 is 0 Å². The average molecular weight is 339 g/mol. The molecule has 0 atom stereocenters.